The van der Waals surface area contributed by atoms with Crippen molar-refractivity contribution in [3.05, 3.63) is 0 Å². The Kier molecular flexibility index (Phi) is 64.6. The Morgan fingerprint density at radius 1 is 0.183 bits per heavy atom. The molecule has 0 saturated heterocycles. The molecule has 5 atom stereocenters. The number of hydrogen-bond acceptors (Lipinski definition) is 22. The fourth-order valence-corrected chi connectivity index (χ4v) is 133. The van der Waals surface area contributed by atoms with Crippen molar-refractivity contribution in [3.8, 4) is 0 Å². The van der Waals surface area contributed by atoms with Crippen LogP contribution in [0.2, 0.25) is 425 Å². The minimum absolute atomic E-state index is 0.0113. The zero-order chi connectivity index (χ0) is 114. The Labute approximate surface area is 907 Å². The maximum atomic E-state index is 10.8. The summed E-state index contributed by atoms with van der Waals surface area (Å²) in [5.74, 6) is 0. The lowest BCUT2D eigenvalue weighted by molar-refractivity contribution is 0.0359. The highest BCUT2D eigenvalue weighted by atomic mass is 28.5. The van der Waals surface area contributed by atoms with E-state index in [4.69, 9.17) is 57.6 Å². The quantitative estimate of drug-likeness (QED) is 0.0263. The van der Waals surface area contributed by atoms with Gasteiger partial charge in [-0.15, -0.1) is 0 Å². The van der Waals surface area contributed by atoms with Crippen LogP contribution in [-0.2, 0) is 57.6 Å². The lowest BCUT2D eigenvalue weighted by Crippen LogP contribution is -2.59. The summed E-state index contributed by atoms with van der Waals surface area (Å²) in [5.41, 5.74) is 1.98. The normalized spacial score (nSPS) is 16.5. The molecule has 0 bridgehead atoms. The third-order valence-corrected chi connectivity index (χ3v) is 113. The van der Waals surface area contributed by atoms with Crippen molar-refractivity contribution in [1.82, 2.24) is 0 Å². The van der Waals surface area contributed by atoms with Gasteiger partial charge in [-0.2, -0.15) is 0 Å². The predicted molar refractivity (Wildman–Crippen MR) is 679 cm³/mol. The van der Waals surface area contributed by atoms with Crippen LogP contribution in [0.1, 0.15) is 117 Å². The van der Waals surface area contributed by atoms with Crippen molar-refractivity contribution in [1.29, 1.82) is 0 Å². The maximum Gasteiger partial charge on any atom is 0.317 e. The summed E-state index contributed by atoms with van der Waals surface area (Å²) in [5, 5.41) is 82.6. The van der Waals surface area contributed by atoms with Gasteiger partial charge in [-0.05, 0) is 418 Å². The number of hydrogen-bond donors (Lipinski definition) is 8. The van der Waals surface area contributed by atoms with Crippen LogP contribution in [-0.4, -0.2) is 294 Å². The Bertz CT molecular complexity index is 3160. The molecule has 860 valence electrons. The third-order valence-electron chi connectivity index (χ3n) is 25.4. The SMILES string of the molecule is CC(CCC(CO)(CO)CCC(C)[Si](C)(C)C)[Si](C)(C)C.C[Si](C)(C)C[Si](C)(CCCC(CO)(CO)CCC[Si](C)(O[Si](C)(C)C)O[Si](C)(C)O[Si](C)(C)C)O[Si](C)(C)O[Si](C)(C)C.C[Si](C)(C)O[Si](C)(C)CCCC(CO)(CO)CCC[Si](C)(C)O[Si](C)(C)C.C[Si](C)(C)O[Si](C)(C)C[Si](C)(CCCC(CO)(CO)CCC[Si](C)(O[Si](C)(C)O[Si](C)(C)C)O[Si](C)(C)O[Si](C)(C)C)O[Si](C)(C)O[Si](C)(C)C. The van der Waals surface area contributed by atoms with Gasteiger partial charge in [0.1, 0.15) is 0 Å². The summed E-state index contributed by atoms with van der Waals surface area (Å²) in [4.78, 5) is 0. The van der Waals surface area contributed by atoms with E-state index in [9.17, 15) is 40.9 Å². The molecular weight excluding hydrogens is 2180 g/mol. The molecule has 0 fully saturated rings. The molecule has 5 unspecified atom stereocenters. The molecule has 0 spiro atoms. The highest BCUT2D eigenvalue weighted by Gasteiger charge is 2.53. The lowest BCUT2D eigenvalue weighted by atomic mass is 9.79. The first-order chi connectivity index (χ1) is 62.3. The molecule has 22 nitrogen and oxygen atoms in total. The third kappa shape index (κ3) is 76.9. The van der Waals surface area contributed by atoms with Crippen LogP contribution in [0, 0.1) is 21.7 Å². The van der Waals surface area contributed by atoms with Crippen LogP contribution < -0.4 is 0 Å². The topological polar surface area (TPSA) is 291 Å². The molecule has 0 aliphatic rings. The van der Waals surface area contributed by atoms with Gasteiger partial charge in [0.2, 0.25) is 0 Å². The van der Waals surface area contributed by atoms with Gasteiger partial charge in [-0.25, -0.2) is 0 Å². The van der Waals surface area contributed by atoms with E-state index < -0.39 is 211 Å². The molecule has 0 rings (SSSR count). The summed E-state index contributed by atoms with van der Waals surface area (Å²) < 4.78 is 94.8. The van der Waals surface area contributed by atoms with E-state index in [0.717, 1.165) is 149 Å². The monoisotopic (exact) mass is 2430 g/mol. The van der Waals surface area contributed by atoms with Gasteiger partial charge in [0.05, 0.1) is 52.9 Å². The second-order valence-electron chi connectivity index (χ2n) is 60.8. The van der Waals surface area contributed by atoms with Crippen molar-refractivity contribution in [3.63, 3.8) is 0 Å². The van der Waals surface area contributed by atoms with Crippen molar-refractivity contribution in [2.75, 3.05) is 52.9 Å². The maximum absolute atomic E-state index is 10.8. The average molecular weight is 2430 g/mol. The van der Waals surface area contributed by atoms with Gasteiger partial charge in [-0.3, -0.25) is 0 Å². The van der Waals surface area contributed by atoms with Crippen LogP contribution in [0.25, 0.3) is 0 Å². The minimum atomic E-state index is -2.77. The standard InChI is InChI=1S/C32H86O9Si10.C28H74O7Si8.C19H48O4Si4.C17H40O2Si2/c1-42(2,3)35-46(13,14)31-50(21,39-47(15,16)36-43(4,5)6)27-23-25-32(29-33,30-34)26-24-28-51(22,40-48(17,18)37-44(7,8)9)41-49(19,20)38-45(10,11)12;1-36(2,3)27-42(17,34-40(13,14)31-37(4,5)6)23-19-21-28(25-29,26-30)22-20-24-43(18,33-39(10,11)12)35-41(15,16)32-38(7,8)9;1-24(2,3)22-26(7,8)15-11-13-19(17-20,18-21)14-12-16-27(9,10)23-25(4,5)6;1-15(20(3,4)5)9-11-17(13-18,14-19)12-10-16(2)21(6,7)8/h33-34H,23-31H2,1-22H3;29-30H,19-27H2,1-18H3;20-21H,11-18H2,1-10H3;15-16,18-19H,9-14H2,1-8H3. The van der Waals surface area contributed by atoms with E-state index >= 15 is 0 Å². The van der Waals surface area contributed by atoms with Crippen LogP contribution >= 0.6 is 0 Å². The van der Waals surface area contributed by atoms with E-state index in [-0.39, 0.29) is 63.7 Å². The van der Waals surface area contributed by atoms with Crippen molar-refractivity contribution in [2.24, 2.45) is 21.7 Å². The van der Waals surface area contributed by atoms with Gasteiger partial charge in [0.25, 0.3) is 0 Å². The summed E-state index contributed by atoms with van der Waals surface area (Å²) in [7, 11) is -46.1. The molecule has 0 aliphatic carbocycles. The predicted octanol–water partition coefficient (Wildman–Crippen LogP) is 30.1. The van der Waals surface area contributed by atoms with Gasteiger partial charge in [0, 0.05) is 45.9 Å². The fourth-order valence-electron chi connectivity index (χ4n) is 21.3. The summed E-state index contributed by atoms with van der Waals surface area (Å²) in [6, 6.07) is 5.77. The second kappa shape index (κ2) is 60.2. The van der Waals surface area contributed by atoms with Crippen LogP contribution in [0.5, 0.6) is 0 Å². The van der Waals surface area contributed by atoms with E-state index in [0.29, 0.717) is 6.42 Å². The van der Waals surface area contributed by atoms with Gasteiger partial charge in [0.15, 0.2) is 116 Å². The number of aliphatic hydroxyl groups is 8. The molecular formula is C96H248O22Si24. The van der Waals surface area contributed by atoms with E-state index in [1.54, 1.807) is 0 Å². The molecule has 46 heteroatoms. The van der Waals surface area contributed by atoms with Crippen molar-refractivity contribution >= 4 is 201 Å². The van der Waals surface area contributed by atoms with Gasteiger partial charge >= 0.3 is 59.9 Å². The molecule has 0 aromatic carbocycles. The largest absolute Gasteiger partial charge is 0.456 e. The van der Waals surface area contributed by atoms with Crippen LogP contribution in [0.15, 0.2) is 0 Å². The molecule has 142 heavy (non-hydrogen) atoms. The van der Waals surface area contributed by atoms with Crippen LogP contribution in [0.4, 0.5) is 0 Å². The van der Waals surface area contributed by atoms with Gasteiger partial charge in [-0.1, -0.05) is 124 Å². The smallest absolute Gasteiger partial charge is 0.317 e. The number of aliphatic hydroxyl groups excluding tert-OH is 8. The lowest BCUT2D eigenvalue weighted by Gasteiger charge is -2.44. The van der Waals surface area contributed by atoms with E-state index in [1.165, 1.54) is 5.67 Å². The molecule has 0 aromatic heterocycles. The zero-order valence-electron chi connectivity index (χ0n) is 105. The van der Waals surface area contributed by atoms with Crippen molar-refractivity contribution < 1.29 is 98.5 Å². The summed E-state index contributed by atoms with van der Waals surface area (Å²) in [6.45, 7) is 132. The Morgan fingerprint density at radius 2 is 0.359 bits per heavy atom. The molecule has 0 aliphatic heterocycles. The second-order valence-corrected chi connectivity index (χ2v) is 168. The molecule has 0 radical (unpaired) electrons. The molecule has 8 N–H and O–H groups in total. The number of rotatable bonds is 72. The van der Waals surface area contributed by atoms with E-state index in [1.807, 2.05) is 0 Å². The first-order valence-corrected chi connectivity index (χ1v) is 131. The Morgan fingerprint density at radius 3 is 0.556 bits per heavy atom. The fraction of sp³-hybridized carbons (Fsp3) is 1.00. The Hall–Kier alpha value is 4.33. The minimum Gasteiger partial charge on any atom is -0.456 e. The van der Waals surface area contributed by atoms with Crippen LogP contribution in [0.3, 0.4) is 0 Å². The molecule has 0 aromatic rings. The first-order valence-electron chi connectivity index (χ1n) is 55.0. The highest BCUT2D eigenvalue weighted by molar-refractivity contribution is 6.99. The molecule has 0 heterocycles. The zero-order valence-corrected chi connectivity index (χ0v) is 129. The van der Waals surface area contributed by atoms with Crippen molar-refractivity contribution in [2.45, 2.75) is 542 Å². The Balaban J connectivity index is -0.000000942. The average Bonchev–Trinajstić information content (AvgIpc) is 0.809. The highest BCUT2D eigenvalue weighted by Crippen LogP contribution is 2.45. The first kappa shape index (κ1) is 153. The molecule has 0 saturated carbocycles. The van der Waals surface area contributed by atoms with Gasteiger partial charge < -0.3 is 98.5 Å². The molecule has 0 amide bonds. The summed E-state index contributed by atoms with van der Waals surface area (Å²) >= 11 is 0. The van der Waals surface area contributed by atoms with E-state index in [2.05, 4.69) is 380 Å². The summed E-state index contributed by atoms with van der Waals surface area (Å²) in [6.07, 6.45) is 14.5.